The first-order valence-electron chi connectivity index (χ1n) is 3.84. The zero-order chi connectivity index (χ0) is 9.14. The molecule has 0 radical (unpaired) electrons. The number of ether oxygens (including phenoxy) is 1. The SMILES string of the molecule is CSSC1C(O)[C@@H](CO)O[C@H]1C. The molecule has 2 unspecified atom stereocenters. The summed E-state index contributed by atoms with van der Waals surface area (Å²) in [7, 11) is 3.22. The van der Waals surface area contributed by atoms with Crippen LogP contribution in [0.1, 0.15) is 6.92 Å². The first kappa shape index (κ1) is 10.7. The van der Waals surface area contributed by atoms with Gasteiger partial charge in [0.15, 0.2) is 0 Å². The van der Waals surface area contributed by atoms with Gasteiger partial charge in [-0.25, -0.2) is 0 Å². The van der Waals surface area contributed by atoms with E-state index in [1.54, 1.807) is 21.6 Å². The Bertz CT molecular complexity index is 145. The maximum absolute atomic E-state index is 9.63. The third-order valence-electron chi connectivity index (χ3n) is 1.96. The van der Waals surface area contributed by atoms with Gasteiger partial charge in [0.2, 0.25) is 0 Å². The molecule has 2 N–H and O–H groups in total. The van der Waals surface area contributed by atoms with Crippen LogP contribution in [-0.2, 0) is 4.74 Å². The monoisotopic (exact) mass is 210 g/mol. The van der Waals surface area contributed by atoms with Crippen molar-refractivity contribution in [3.8, 4) is 0 Å². The molecule has 0 aromatic heterocycles. The van der Waals surface area contributed by atoms with Crippen LogP contribution in [0.25, 0.3) is 0 Å². The van der Waals surface area contributed by atoms with Crippen molar-refractivity contribution in [3.63, 3.8) is 0 Å². The van der Waals surface area contributed by atoms with Crippen LogP contribution in [0.4, 0.5) is 0 Å². The number of aliphatic hydroxyl groups is 2. The summed E-state index contributed by atoms with van der Waals surface area (Å²) in [5, 5.41) is 18.6. The highest BCUT2D eigenvalue weighted by Crippen LogP contribution is 2.36. The lowest BCUT2D eigenvalue weighted by atomic mass is 10.1. The Kier molecular flexibility index (Phi) is 4.19. The average Bonchev–Trinajstić information content (AvgIpc) is 2.32. The topological polar surface area (TPSA) is 49.7 Å². The molecule has 0 aromatic rings. The predicted molar refractivity (Wildman–Crippen MR) is 52.3 cm³/mol. The van der Waals surface area contributed by atoms with Crippen molar-refractivity contribution in [3.05, 3.63) is 0 Å². The standard InChI is InChI=1S/C7H14O3S2/c1-4-7(12-11-2)6(9)5(3-8)10-4/h4-9H,3H2,1-2H3/t4-,5+,6?,7?/m0/s1. The Morgan fingerprint density at radius 3 is 2.58 bits per heavy atom. The van der Waals surface area contributed by atoms with Gasteiger partial charge in [0, 0.05) is 0 Å². The van der Waals surface area contributed by atoms with Gasteiger partial charge < -0.3 is 14.9 Å². The molecule has 3 nitrogen and oxygen atoms in total. The Hall–Kier alpha value is 0.580. The zero-order valence-corrected chi connectivity index (χ0v) is 8.77. The van der Waals surface area contributed by atoms with E-state index in [4.69, 9.17) is 9.84 Å². The lowest BCUT2D eigenvalue weighted by Crippen LogP contribution is -2.30. The summed E-state index contributed by atoms with van der Waals surface area (Å²) in [5.74, 6) is 0. The van der Waals surface area contributed by atoms with Crippen LogP contribution in [0.3, 0.4) is 0 Å². The fourth-order valence-corrected chi connectivity index (χ4v) is 3.53. The Balaban J connectivity index is 2.51. The third kappa shape index (κ3) is 2.09. The molecule has 0 saturated carbocycles. The van der Waals surface area contributed by atoms with E-state index in [1.165, 1.54) is 0 Å². The lowest BCUT2D eigenvalue weighted by molar-refractivity contribution is -0.0170. The van der Waals surface area contributed by atoms with E-state index in [9.17, 15) is 5.11 Å². The molecule has 72 valence electrons. The van der Waals surface area contributed by atoms with E-state index in [1.807, 2.05) is 13.2 Å². The van der Waals surface area contributed by atoms with Crippen molar-refractivity contribution >= 4 is 21.6 Å². The van der Waals surface area contributed by atoms with Crippen LogP contribution in [-0.4, -0.2) is 46.6 Å². The summed E-state index contributed by atoms with van der Waals surface area (Å²) in [6.45, 7) is 1.82. The van der Waals surface area contributed by atoms with Gasteiger partial charge >= 0.3 is 0 Å². The normalized spacial score (nSPS) is 42.0. The minimum atomic E-state index is -0.539. The average molecular weight is 210 g/mol. The predicted octanol–water partition coefficient (Wildman–Crippen LogP) is 0.507. The van der Waals surface area contributed by atoms with Gasteiger partial charge in [-0.1, -0.05) is 21.6 Å². The highest BCUT2D eigenvalue weighted by molar-refractivity contribution is 8.76. The lowest BCUT2D eigenvalue weighted by Gasteiger charge is -2.14. The van der Waals surface area contributed by atoms with Gasteiger partial charge in [0.1, 0.15) is 6.10 Å². The molecule has 1 heterocycles. The molecule has 1 aliphatic rings. The first-order chi connectivity index (χ1) is 5.70. The fourth-order valence-electron chi connectivity index (χ4n) is 1.32. The van der Waals surface area contributed by atoms with Crippen LogP contribution in [0, 0.1) is 0 Å². The third-order valence-corrected chi connectivity index (χ3v) is 4.28. The summed E-state index contributed by atoms with van der Waals surface area (Å²) in [5.41, 5.74) is 0. The Morgan fingerprint density at radius 1 is 1.50 bits per heavy atom. The second kappa shape index (κ2) is 4.72. The molecule has 1 aliphatic heterocycles. The molecule has 5 heteroatoms. The number of hydrogen-bond donors (Lipinski definition) is 2. The van der Waals surface area contributed by atoms with Gasteiger partial charge in [-0.3, -0.25) is 0 Å². The van der Waals surface area contributed by atoms with Crippen LogP contribution in [0.5, 0.6) is 0 Å². The summed E-state index contributed by atoms with van der Waals surface area (Å²) in [6.07, 6.45) is 1.05. The van der Waals surface area contributed by atoms with E-state index in [0.29, 0.717) is 0 Å². The van der Waals surface area contributed by atoms with E-state index in [0.717, 1.165) is 0 Å². The largest absolute Gasteiger partial charge is 0.394 e. The number of hydrogen-bond acceptors (Lipinski definition) is 5. The molecule has 0 spiro atoms. The van der Waals surface area contributed by atoms with Crippen molar-refractivity contribution in [1.29, 1.82) is 0 Å². The minimum Gasteiger partial charge on any atom is -0.394 e. The smallest absolute Gasteiger partial charge is 0.108 e. The van der Waals surface area contributed by atoms with Crippen molar-refractivity contribution < 1.29 is 14.9 Å². The minimum absolute atomic E-state index is 0.0228. The summed E-state index contributed by atoms with van der Waals surface area (Å²) in [6, 6.07) is 0. The molecule has 1 rings (SSSR count). The van der Waals surface area contributed by atoms with Gasteiger partial charge in [-0.05, 0) is 13.2 Å². The van der Waals surface area contributed by atoms with Gasteiger partial charge in [-0.2, -0.15) is 0 Å². The molecular formula is C7H14O3S2. The van der Waals surface area contributed by atoms with Crippen LogP contribution in [0.15, 0.2) is 0 Å². The van der Waals surface area contributed by atoms with Crippen molar-refractivity contribution in [2.24, 2.45) is 0 Å². The molecule has 0 amide bonds. The van der Waals surface area contributed by atoms with Crippen molar-refractivity contribution in [1.82, 2.24) is 0 Å². The van der Waals surface area contributed by atoms with E-state index in [2.05, 4.69) is 0 Å². The second-order valence-corrected chi connectivity index (χ2v) is 5.43. The van der Waals surface area contributed by atoms with Crippen LogP contribution in [0.2, 0.25) is 0 Å². The van der Waals surface area contributed by atoms with Crippen molar-refractivity contribution in [2.75, 3.05) is 12.9 Å². The summed E-state index contributed by atoms with van der Waals surface area (Å²) >= 11 is 0. The molecule has 0 bridgehead atoms. The number of rotatable bonds is 3. The molecule has 1 fully saturated rings. The highest BCUT2D eigenvalue weighted by Gasteiger charge is 2.41. The first-order valence-corrected chi connectivity index (χ1v) is 6.46. The van der Waals surface area contributed by atoms with E-state index < -0.39 is 12.2 Å². The molecular weight excluding hydrogens is 196 g/mol. The number of aliphatic hydroxyl groups excluding tert-OH is 2. The summed E-state index contributed by atoms with van der Waals surface area (Å²) < 4.78 is 5.35. The van der Waals surface area contributed by atoms with E-state index >= 15 is 0 Å². The summed E-state index contributed by atoms with van der Waals surface area (Å²) in [4.78, 5) is 0. The molecule has 4 atom stereocenters. The van der Waals surface area contributed by atoms with Crippen molar-refractivity contribution in [2.45, 2.75) is 30.5 Å². The van der Waals surface area contributed by atoms with Gasteiger partial charge in [-0.15, -0.1) is 0 Å². The van der Waals surface area contributed by atoms with Crippen LogP contribution >= 0.6 is 21.6 Å². The zero-order valence-electron chi connectivity index (χ0n) is 7.14. The highest BCUT2D eigenvalue weighted by atomic mass is 33.1. The van der Waals surface area contributed by atoms with Crippen LogP contribution < -0.4 is 0 Å². The van der Waals surface area contributed by atoms with Gasteiger partial charge in [0.25, 0.3) is 0 Å². The van der Waals surface area contributed by atoms with Gasteiger partial charge in [0.05, 0.1) is 24.1 Å². The molecule has 0 aromatic carbocycles. The second-order valence-electron chi connectivity index (χ2n) is 2.78. The molecule has 12 heavy (non-hydrogen) atoms. The molecule has 1 saturated heterocycles. The fraction of sp³-hybridized carbons (Fsp3) is 1.00. The molecule has 0 aliphatic carbocycles. The maximum atomic E-state index is 9.63. The Labute approximate surface area is 80.3 Å². The van der Waals surface area contributed by atoms with E-state index in [-0.39, 0.29) is 18.0 Å². The Morgan fingerprint density at radius 2 is 2.17 bits per heavy atom. The quantitative estimate of drug-likeness (QED) is 0.665. The maximum Gasteiger partial charge on any atom is 0.108 e.